The Morgan fingerprint density at radius 2 is 1.46 bits per heavy atom. The topological polar surface area (TPSA) is 47.9 Å². The summed E-state index contributed by atoms with van der Waals surface area (Å²) >= 11 is 3.85. The fourth-order valence-corrected chi connectivity index (χ4v) is 6.42. The number of methoxy groups -OCH3 is 3. The molecule has 1 N–H and O–H groups in total. The highest BCUT2D eigenvalue weighted by atomic mass is 32.2. The highest BCUT2D eigenvalue weighted by Crippen LogP contribution is 2.57. The first kappa shape index (κ1) is 19.1. The van der Waals surface area contributed by atoms with Crippen molar-refractivity contribution in [3.8, 4) is 23.0 Å². The SMILES string of the molecule is COc1cc(C2CSC(c3cc(C)c(O)c(C)c3)S2)cc(OC)c1OC. The number of phenols is 1. The molecule has 2 unspecified atom stereocenters. The number of rotatable bonds is 5. The van der Waals surface area contributed by atoms with Gasteiger partial charge in [0.05, 0.1) is 25.9 Å². The second kappa shape index (κ2) is 7.92. The van der Waals surface area contributed by atoms with Crippen LogP contribution in [0.1, 0.15) is 32.1 Å². The van der Waals surface area contributed by atoms with Crippen LogP contribution in [0.25, 0.3) is 0 Å². The zero-order valence-corrected chi connectivity index (χ0v) is 17.3. The van der Waals surface area contributed by atoms with Crippen molar-refractivity contribution in [3.05, 3.63) is 46.5 Å². The molecule has 1 aliphatic heterocycles. The van der Waals surface area contributed by atoms with E-state index in [0.717, 1.165) is 16.9 Å². The lowest BCUT2D eigenvalue weighted by Gasteiger charge is -2.17. The van der Waals surface area contributed by atoms with Crippen molar-refractivity contribution in [2.75, 3.05) is 27.1 Å². The smallest absolute Gasteiger partial charge is 0.203 e. The lowest BCUT2D eigenvalue weighted by Crippen LogP contribution is -1.99. The highest BCUT2D eigenvalue weighted by molar-refractivity contribution is 8.19. The molecule has 0 spiro atoms. The Bertz CT molecular complexity index is 758. The van der Waals surface area contributed by atoms with Crippen molar-refractivity contribution in [2.24, 2.45) is 0 Å². The van der Waals surface area contributed by atoms with Crippen molar-refractivity contribution < 1.29 is 19.3 Å². The number of aromatic hydroxyl groups is 1. The van der Waals surface area contributed by atoms with Gasteiger partial charge in [0.15, 0.2) is 11.5 Å². The van der Waals surface area contributed by atoms with E-state index in [1.165, 1.54) is 11.1 Å². The minimum Gasteiger partial charge on any atom is -0.507 e. The minimum atomic E-state index is 0.341. The Balaban J connectivity index is 1.87. The molecule has 140 valence electrons. The molecule has 4 nitrogen and oxygen atoms in total. The van der Waals surface area contributed by atoms with E-state index in [-0.39, 0.29) is 0 Å². The van der Waals surface area contributed by atoms with Gasteiger partial charge in [0.2, 0.25) is 5.75 Å². The monoisotopic (exact) mass is 392 g/mol. The molecular weight excluding hydrogens is 368 g/mol. The molecule has 0 bridgehead atoms. The third-order valence-electron chi connectivity index (χ3n) is 4.53. The van der Waals surface area contributed by atoms with Gasteiger partial charge in [-0.15, -0.1) is 23.5 Å². The lowest BCUT2D eigenvalue weighted by atomic mass is 10.1. The van der Waals surface area contributed by atoms with Gasteiger partial charge in [0.1, 0.15) is 5.75 Å². The summed E-state index contributed by atoms with van der Waals surface area (Å²) in [5, 5.41) is 10.4. The van der Waals surface area contributed by atoms with Crippen LogP contribution in [0.3, 0.4) is 0 Å². The summed E-state index contributed by atoms with van der Waals surface area (Å²) in [5.41, 5.74) is 4.28. The Labute approximate surface area is 163 Å². The van der Waals surface area contributed by atoms with E-state index in [9.17, 15) is 5.11 Å². The first-order valence-electron chi connectivity index (χ1n) is 8.35. The normalized spacial score (nSPS) is 19.4. The van der Waals surface area contributed by atoms with E-state index >= 15 is 0 Å². The standard InChI is InChI=1S/C20H24O4S2/c1-11-6-14(7-12(2)18(11)21)20-25-10-17(26-20)13-8-15(22-3)19(24-5)16(9-13)23-4/h6-9,17,20-21H,10H2,1-5H3. The summed E-state index contributed by atoms with van der Waals surface area (Å²) in [6.07, 6.45) is 0. The van der Waals surface area contributed by atoms with Crippen molar-refractivity contribution in [2.45, 2.75) is 23.7 Å². The van der Waals surface area contributed by atoms with Crippen molar-refractivity contribution >= 4 is 23.5 Å². The first-order chi connectivity index (χ1) is 12.5. The van der Waals surface area contributed by atoms with Crippen molar-refractivity contribution in [3.63, 3.8) is 0 Å². The summed E-state index contributed by atoms with van der Waals surface area (Å²) in [6, 6.07) is 8.25. The van der Waals surface area contributed by atoms with Crippen LogP contribution in [-0.2, 0) is 0 Å². The number of phenolic OH excluding ortho intramolecular Hbond substituents is 1. The van der Waals surface area contributed by atoms with E-state index in [1.807, 2.05) is 49.5 Å². The zero-order valence-electron chi connectivity index (χ0n) is 15.7. The van der Waals surface area contributed by atoms with Crippen LogP contribution in [0.4, 0.5) is 0 Å². The van der Waals surface area contributed by atoms with Crippen LogP contribution in [0.5, 0.6) is 23.0 Å². The molecule has 1 heterocycles. The molecule has 1 fully saturated rings. The van der Waals surface area contributed by atoms with E-state index in [1.54, 1.807) is 21.3 Å². The number of hydrogen-bond donors (Lipinski definition) is 1. The molecule has 0 amide bonds. The fourth-order valence-electron chi connectivity index (χ4n) is 3.16. The molecule has 0 radical (unpaired) electrons. The van der Waals surface area contributed by atoms with Gasteiger partial charge in [-0.2, -0.15) is 0 Å². The van der Waals surface area contributed by atoms with Gasteiger partial charge < -0.3 is 19.3 Å². The summed E-state index contributed by atoms with van der Waals surface area (Å²) in [6.45, 7) is 3.90. The van der Waals surface area contributed by atoms with Crippen molar-refractivity contribution in [1.29, 1.82) is 0 Å². The maximum Gasteiger partial charge on any atom is 0.203 e. The molecule has 0 aromatic heterocycles. The van der Waals surface area contributed by atoms with Crippen LogP contribution in [0.15, 0.2) is 24.3 Å². The third kappa shape index (κ3) is 3.58. The lowest BCUT2D eigenvalue weighted by molar-refractivity contribution is 0.324. The Kier molecular flexibility index (Phi) is 5.82. The average Bonchev–Trinajstić information content (AvgIpc) is 3.14. The average molecular weight is 393 g/mol. The second-order valence-electron chi connectivity index (χ2n) is 6.25. The minimum absolute atomic E-state index is 0.341. The zero-order chi connectivity index (χ0) is 18.8. The maximum atomic E-state index is 10.0. The molecule has 1 aliphatic rings. The summed E-state index contributed by atoms with van der Waals surface area (Å²) in [5.74, 6) is 3.39. The van der Waals surface area contributed by atoms with Crippen LogP contribution >= 0.6 is 23.5 Å². The van der Waals surface area contributed by atoms with Crippen LogP contribution in [0.2, 0.25) is 0 Å². The van der Waals surface area contributed by atoms with E-state index in [2.05, 4.69) is 12.1 Å². The summed E-state index contributed by atoms with van der Waals surface area (Å²) in [4.78, 5) is 0. The highest BCUT2D eigenvalue weighted by Gasteiger charge is 2.30. The summed E-state index contributed by atoms with van der Waals surface area (Å²) < 4.78 is 16.7. The van der Waals surface area contributed by atoms with E-state index in [0.29, 0.717) is 32.8 Å². The quantitative estimate of drug-likeness (QED) is 0.749. The molecule has 0 saturated carbocycles. The van der Waals surface area contributed by atoms with Gasteiger partial charge in [-0.3, -0.25) is 0 Å². The van der Waals surface area contributed by atoms with Crippen molar-refractivity contribution in [1.82, 2.24) is 0 Å². The number of benzene rings is 2. The number of thioether (sulfide) groups is 2. The Morgan fingerprint density at radius 3 is 1.96 bits per heavy atom. The third-order valence-corrected chi connectivity index (χ3v) is 7.87. The molecule has 2 aromatic rings. The van der Waals surface area contributed by atoms with Gasteiger partial charge in [-0.25, -0.2) is 0 Å². The number of aryl methyl sites for hydroxylation is 2. The predicted octanol–water partition coefficient (Wildman–Crippen LogP) is 5.25. The molecule has 1 saturated heterocycles. The molecular formula is C20H24O4S2. The van der Waals surface area contributed by atoms with Crippen LogP contribution in [0, 0.1) is 13.8 Å². The van der Waals surface area contributed by atoms with Crippen LogP contribution < -0.4 is 14.2 Å². The molecule has 6 heteroatoms. The fraction of sp³-hybridized carbons (Fsp3) is 0.400. The molecule has 0 aliphatic carbocycles. The molecule has 2 atom stereocenters. The van der Waals surface area contributed by atoms with Gasteiger partial charge in [0.25, 0.3) is 0 Å². The predicted molar refractivity (Wildman–Crippen MR) is 109 cm³/mol. The Morgan fingerprint density at radius 1 is 0.885 bits per heavy atom. The Hall–Kier alpha value is -1.66. The van der Waals surface area contributed by atoms with E-state index in [4.69, 9.17) is 14.2 Å². The largest absolute Gasteiger partial charge is 0.507 e. The van der Waals surface area contributed by atoms with Gasteiger partial charge in [-0.05, 0) is 48.2 Å². The summed E-state index contributed by atoms with van der Waals surface area (Å²) in [7, 11) is 4.90. The second-order valence-corrected chi connectivity index (χ2v) is 9.00. The maximum absolute atomic E-state index is 10.0. The van der Waals surface area contributed by atoms with E-state index < -0.39 is 0 Å². The number of hydrogen-bond acceptors (Lipinski definition) is 6. The van der Waals surface area contributed by atoms with Gasteiger partial charge >= 0.3 is 0 Å². The first-order valence-corrected chi connectivity index (χ1v) is 10.3. The molecule has 2 aromatic carbocycles. The van der Waals surface area contributed by atoms with Gasteiger partial charge in [-0.1, -0.05) is 12.1 Å². The van der Waals surface area contributed by atoms with Crippen LogP contribution in [-0.4, -0.2) is 32.2 Å². The number of ether oxygens (including phenoxy) is 3. The molecule has 26 heavy (non-hydrogen) atoms. The van der Waals surface area contributed by atoms with Gasteiger partial charge in [0, 0.05) is 11.0 Å². The molecule has 3 rings (SSSR count).